The molecule has 1 aliphatic heterocycles. The quantitative estimate of drug-likeness (QED) is 0.817. The van der Waals surface area contributed by atoms with Gasteiger partial charge in [-0.25, -0.2) is 4.79 Å². The highest BCUT2D eigenvalue weighted by atomic mass is 35.5. The van der Waals surface area contributed by atoms with E-state index in [2.05, 4.69) is 30.1 Å². The van der Waals surface area contributed by atoms with Crippen molar-refractivity contribution >= 4 is 29.0 Å². The number of methoxy groups -OCH3 is 1. The number of ether oxygens (including phenoxy) is 1. The SMILES string of the molecule is COc1ccc(N2CCN(C(=O)Nc3ccccc3C(C)C)CC2)cc1Cl. The summed E-state index contributed by atoms with van der Waals surface area (Å²) in [5.41, 5.74) is 3.09. The number of para-hydroxylation sites is 1. The van der Waals surface area contributed by atoms with E-state index >= 15 is 0 Å². The van der Waals surface area contributed by atoms with Crippen LogP contribution in [0.15, 0.2) is 42.5 Å². The standard InChI is InChI=1S/C21H26ClN3O2/c1-15(2)17-6-4-5-7-19(17)23-21(26)25-12-10-24(11-13-25)16-8-9-20(27-3)18(22)14-16/h4-9,14-15H,10-13H2,1-3H3,(H,23,26). The van der Waals surface area contributed by atoms with Crippen molar-refractivity contribution in [1.29, 1.82) is 0 Å². The number of nitrogens with one attached hydrogen (secondary N) is 1. The molecule has 27 heavy (non-hydrogen) atoms. The number of nitrogens with zero attached hydrogens (tertiary/aromatic N) is 2. The normalized spacial score (nSPS) is 14.4. The molecule has 0 bridgehead atoms. The number of hydrogen-bond acceptors (Lipinski definition) is 3. The second-order valence-electron chi connectivity index (χ2n) is 6.97. The number of anilines is 2. The maximum absolute atomic E-state index is 12.7. The summed E-state index contributed by atoms with van der Waals surface area (Å²) in [7, 11) is 1.61. The highest BCUT2D eigenvalue weighted by molar-refractivity contribution is 6.32. The topological polar surface area (TPSA) is 44.8 Å². The summed E-state index contributed by atoms with van der Waals surface area (Å²) in [6.45, 7) is 7.12. The predicted octanol–water partition coefficient (Wildman–Crippen LogP) is 4.83. The summed E-state index contributed by atoms with van der Waals surface area (Å²) in [6, 6.07) is 13.7. The lowest BCUT2D eigenvalue weighted by Gasteiger charge is -2.36. The number of carbonyl (C=O) groups excluding carboxylic acids is 1. The van der Waals surface area contributed by atoms with Crippen LogP contribution in [0.1, 0.15) is 25.3 Å². The summed E-state index contributed by atoms with van der Waals surface area (Å²) in [6.07, 6.45) is 0. The summed E-state index contributed by atoms with van der Waals surface area (Å²) in [4.78, 5) is 16.8. The fourth-order valence-electron chi connectivity index (χ4n) is 3.33. The maximum atomic E-state index is 12.7. The van der Waals surface area contributed by atoms with Gasteiger partial charge < -0.3 is 19.9 Å². The molecule has 0 aromatic heterocycles. The Morgan fingerprint density at radius 1 is 1.11 bits per heavy atom. The monoisotopic (exact) mass is 387 g/mol. The van der Waals surface area contributed by atoms with Crippen LogP contribution in [0.5, 0.6) is 5.75 Å². The molecule has 1 saturated heterocycles. The Morgan fingerprint density at radius 3 is 2.44 bits per heavy atom. The van der Waals surface area contributed by atoms with Crippen molar-refractivity contribution in [3.63, 3.8) is 0 Å². The molecular weight excluding hydrogens is 362 g/mol. The van der Waals surface area contributed by atoms with E-state index in [1.807, 2.05) is 41.3 Å². The van der Waals surface area contributed by atoms with Crippen LogP contribution in [-0.4, -0.2) is 44.2 Å². The van der Waals surface area contributed by atoms with E-state index in [-0.39, 0.29) is 6.03 Å². The lowest BCUT2D eigenvalue weighted by atomic mass is 10.0. The number of benzene rings is 2. The van der Waals surface area contributed by atoms with Gasteiger partial charge in [0.05, 0.1) is 12.1 Å². The number of rotatable bonds is 4. The molecule has 2 amide bonds. The van der Waals surface area contributed by atoms with Gasteiger partial charge >= 0.3 is 6.03 Å². The zero-order chi connectivity index (χ0) is 19.4. The highest BCUT2D eigenvalue weighted by Crippen LogP contribution is 2.30. The number of carbonyl (C=O) groups is 1. The van der Waals surface area contributed by atoms with E-state index in [0.717, 1.165) is 30.0 Å². The second kappa shape index (κ2) is 8.53. The fraction of sp³-hybridized carbons (Fsp3) is 0.381. The maximum Gasteiger partial charge on any atom is 0.321 e. The molecule has 0 saturated carbocycles. The van der Waals surface area contributed by atoms with Gasteiger partial charge in [0.15, 0.2) is 0 Å². The van der Waals surface area contributed by atoms with Crippen LogP contribution in [0, 0.1) is 0 Å². The fourth-order valence-corrected chi connectivity index (χ4v) is 3.58. The van der Waals surface area contributed by atoms with Crippen LogP contribution in [0.3, 0.4) is 0 Å². The number of halogens is 1. The average Bonchev–Trinajstić information content (AvgIpc) is 2.68. The third-order valence-corrected chi connectivity index (χ3v) is 5.19. The number of amides is 2. The van der Waals surface area contributed by atoms with Gasteiger partial charge in [0.2, 0.25) is 0 Å². The Bertz CT molecular complexity index is 802. The van der Waals surface area contributed by atoms with E-state index in [1.165, 1.54) is 0 Å². The number of hydrogen-bond donors (Lipinski definition) is 1. The minimum absolute atomic E-state index is 0.0458. The van der Waals surface area contributed by atoms with Gasteiger partial charge in [-0.2, -0.15) is 0 Å². The molecule has 2 aromatic rings. The number of urea groups is 1. The van der Waals surface area contributed by atoms with Gasteiger partial charge in [-0.1, -0.05) is 43.6 Å². The molecule has 1 fully saturated rings. The first-order valence-electron chi connectivity index (χ1n) is 9.23. The van der Waals surface area contributed by atoms with Gasteiger partial charge in [-0.3, -0.25) is 0 Å². The van der Waals surface area contributed by atoms with Crippen molar-refractivity contribution in [2.75, 3.05) is 43.5 Å². The molecule has 1 heterocycles. The van der Waals surface area contributed by atoms with Crippen LogP contribution in [0.2, 0.25) is 5.02 Å². The molecular formula is C21H26ClN3O2. The van der Waals surface area contributed by atoms with Crippen molar-refractivity contribution in [2.45, 2.75) is 19.8 Å². The lowest BCUT2D eigenvalue weighted by Crippen LogP contribution is -2.50. The molecule has 0 atom stereocenters. The summed E-state index contributed by atoms with van der Waals surface area (Å²) < 4.78 is 5.21. The van der Waals surface area contributed by atoms with Gasteiger partial charge in [-0.05, 0) is 35.7 Å². The molecule has 5 nitrogen and oxygen atoms in total. The van der Waals surface area contributed by atoms with Gasteiger partial charge in [0, 0.05) is 37.6 Å². The van der Waals surface area contributed by atoms with E-state index in [0.29, 0.717) is 29.8 Å². The first-order valence-corrected chi connectivity index (χ1v) is 9.60. The van der Waals surface area contributed by atoms with Crippen LogP contribution in [-0.2, 0) is 0 Å². The van der Waals surface area contributed by atoms with Gasteiger partial charge in [-0.15, -0.1) is 0 Å². The van der Waals surface area contributed by atoms with Crippen LogP contribution >= 0.6 is 11.6 Å². The summed E-state index contributed by atoms with van der Waals surface area (Å²) in [5.74, 6) is 1.03. The molecule has 0 spiro atoms. The largest absolute Gasteiger partial charge is 0.495 e. The van der Waals surface area contributed by atoms with Gasteiger partial charge in [0.25, 0.3) is 0 Å². The van der Waals surface area contributed by atoms with Crippen LogP contribution in [0.25, 0.3) is 0 Å². The Morgan fingerprint density at radius 2 is 1.81 bits per heavy atom. The molecule has 0 aliphatic carbocycles. The van der Waals surface area contributed by atoms with Crippen molar-refractivity contribution in [3.8, 4) is 5.75 Å². The second-order valence-corrected chi connectivity index (χ2v) is 7.37. The molecule has 0 radical (unpaired) electrons. The highest BCUT2D eigenvalue weighted by Gasteiger charge is 2.22. The molecule has 0 unspecified atom stereocenters. The van der Waals surface area contributed by atoms with E-state index < -0.39 is 0 Å². The zero-order valence-electron chi connectivity index (χ0n) is 16.0. The van der Waals surface area contributed by atoms with Crippen LogP contribution < -0.4 is 15.0 Å². The summed E-state index contributed by atoms with van der Waals surface area (Å²) >= 11 is 6.23. The molecule has 3 rings (SSSR count). The zero-order valence-corrected chi connectivity index (χ0v) is 16.8. The Hall–Kier alpha value is -2.40. The molecule has 2 aromatic carbocycles. The molecule has 1 N–H and O–H groups in total. The average molecular weight is 388 g/mol. The minimum atomic E-state index is -0.0458. The lowest BCUT2D eigenvalue weighted by molar-refractivity contribution is 0.208. The summed E-state index contributed by atoms with van der Waals surface area (Å²) in [5, 5.41) is 3.67. The molecule has 6 heteroatoms. The van der Waals surface area contributed by atoms with Crippen LogP contribution in [0.4, 0.5) is 16.2 Å². The van der Waals surface area contributed by atoms with E-state index in [1.54, 1.807) is 7.11 Å². The molecule has 144 valence electrons. The Kier molecular flexibility index (Phi) is 6.11. The van der Waals surface area contributed by atoms with E-state index in [9.17, 15) is 4.79 Å². The third kappa shape index (κ3) is 4.48. The first-order chi connectivity index (χ1) is 13.0. The minimum Gasteiger partial charge on any atom is -0.495 e. The Labute approximate surface area is 165 Å². The number of piperazine rings is 1. The first kappa shape index (κ1) is 19.4. The van der Waals surface area contributed by atoms with Crippen molar-refractivity contribution in [3.05, 3.63) is 53.1 Å². The van der Waals surface area contributed by atoms with Crippen molar-refractivity contribution < 1.29 is 9.53 Å². The smallest absolute Gasteiger partial charge is 0.321 e. The van der Waals surface area contributed by atoms with Gasteiger partial charge in [0.1, 0.15) is 5.75 Å². The van der Waals surface area contributed by atoms with Crippen molar-refractivity contribution in [1.82, 2.24) is 4.90 Å². The van der Waals surface area contributed by atoms with Crippen molar-refractivity contribution in [2.24, 2.45) is 0 Å². The van der Waals surface area contributed by atoms with E-state index in [4.69, 9.17) is 16.3 Å². The predicted molar refractivity (Wildman–Crippen MR) is 111 cm³/mol. The molecule has 1 aliphatic rings. The third-order valence-electron chi connectivity index (χ3n) is 4.89. The Balaban J connectivity index is 1.61.